The number of carbonyl (C=O) groups is 1. The van der Waals surface area contributed by atoms with E-state index >= 15 is 0 Å². The minimum absolute atomic E-state index is 0.252. The van der Waals surface area contributed by atoms with Gasteiger partial charge in [-0.3, -0.25) is 0 Å². The Morgan fingerprint density at radius 3 is 2.47 bits per heavy atom. The highest BCUT2D eigenvalue weighted by atomic mass is 17.2. The smallest absolute Gasteiger partial charge is 0.336 e. The molecule has 0 saturated carbocycles. The number of carboxylic acid groups (broad SMARTS) is 1. The average Bonchev–Trinajstić information content (AvgIpc) is 2.24. The summed E-state index contributed by atoms with van der Waals surface area (Å²) in [5.41, 5.74) is 0.455. The van der Waals surface area contributed by atoms with E-state index in [2.05, 4.69) is 0 Å². The SMILES string of the molecule is CCc1c(OOC(C)(C)C)cccc1C(=O)O. The maximum atomic E-state index is 11.0. The Morgan fingerprint density at radius 1 is 1.35 bits per heavy atom. The van der Waals surface area contributed by atoms with Crippen molar-refractivity contribution in [1.82, 2.24) is 0 Å². The molecule has 0 aliphatic carbocycles. The van der Waals surface area contributed by atoms with E-state index in [0.29, 0.717) is 17.7 Å². The third-order valence-electron chi connectivity index (χ3n) is 2.10. The normalized spacial score (nSPS) is 11.3. The molecule has 94 valence electrons. The Hall–Kier alpha value is -1.55. The van der Waals surface area contributed by atoms with E-state index in [0.717, 1.165) is 0 Å². The first kappa shape index (κ1) is 13.5. The van der Waals surface area contributed by atoms with Crippen molar-refractivity contribution in [1.29, 1.82) is 0 Å². The first-order chi connectivity index (χ1) is 7.85. The minimum Gasteiger partial charge on any atom is -0.478 e. The highest BCUT2D eigenvalue weighted by Gasteiger charge is 2.17. The van der Waals surface area contributed by atoms with Gasteiger partial charge in [0.05, 0.1) is 5.56 Å². The molecule has 0 saturated heterocycles. The van der Waals surface area contributed by atoms with Crippen LogP contribution in [0.4, 0.5) is 0 Å². The van der Waals surface area contributed by atoms with Crippen molar-refractivity contribution in [3.05, 3.63) is 29.3 Å². The van der Waals surface area contributed by atoms with E-state index in [1.54, 1.807) is 18.2 Å². The van der Waals surface area contributed by atoms with Crippen LogP contribution in [0.15, 0.2) is 18.2 Å². The van der Waals surface area contributed by atoms with Crippen molar-refractivity contribution in [3.8, 4) is 5.75 Å². The van der Waals surface area contributed by atoms with Crippen LogP contribution in [0.1, 0.15) is 43.6 Å². The Morgan fingerprint density at radius 2 is 2.00 bits per heavy atom. The summed E-state index contributed by atoms with van der Waals surface area (Å²) >= 11 is 0. The zero-order valence-electron chi connectivity index (χ0n) is 10.6. The summed E-state index contributed by atoms with van der Waals surface area (Å²) in [5, 5.41) is 9.05. The second kappa shape index (κ2) is 5.19. The molecule has 1 N–H and O–H groups in total. The standard InChI is InChI=1S/C13H18O4/c1-5-9-10(12(14)15)7-6-8-11(9)16-17-13(2,3)4/h6-8H,5H2,1-4H3,(H,14,15). The third kappa shape index (κ3) is 3.75. The van der Waals surface area contributed by atoms with E-state index in [-0.39, 0.29) is 5.56 Å². The van der Waals surface area contributed by atoms with Gasteiger partial charge in [0.1, 0.15) is 5.60 Å². The maximum absolute atomic E-state index is 11.0. The lowest BCUT2D eigenvalue weighted by Crippen LogP contribution is -2.21. The molecule has 0 atom stereocenters. The molecule has 4 nitrogen and oxygen atoms in total. The third-order valence-corrected chi connectivity index (χ3v) is 2.10. The number of hydrogen-bond donors (Lipinski definition) is 1. The molecule has 1 aromatic carbocycles. The lowest BCUT2D eigenvalue weighted by Gasteiger charge is -2.19. The van der Waals surface area contributed by atoms with Crippen molar-refractivity contribution in [3.63, 3.8) is 0 Å². The molecule has 4 heteroatoms. The molecule has 0 aliphatic rings. The number of aromatic carboxylic acids is 1. The van der Waals surface area contributed by atoms with Crippen molar-refractivity contribution >= 4 is 5.97 Å². The topological polar surface area (TPSA) is 55.8 Å². The molecule has 0 fully saturated rings. The molecule has 0 aromatic heterocycles. The second-order valence-corrected chi connectivity index (χ2v) is 4.72. The van der Waals surface area contributed by atoms with Gasteiger partial charge in [0.2, 0.25) is 0 Å². The zero-order chi connectivity index (χ0) is 13.1. The van der Waals surface area contributed by atoms with Crippen LogP contribution in [0.5, 0.6) is 5.75 Å². The van der Waals surface area contributed by atoms with Crippen LogP contribution >= 0.6 is 0 Å². The summed E-state index contributed by atoms with van der Waals surface area (Å²) in [6.07, 6.45) is 0.575. The Kier molecular flexibility index (Phi) is 4.12. The fourth-order valence-electron chi connectivity index (χ4n) is 1.38. The summed E-state index contributed by atoms with van der Waals surface area (Å²) < 4.78 is 0. The molecule has 1 aromatic rings. The lowest BCUT2D eigenvalue weighted by molar-refractivity contribution is -0.275. The molecule has 0 bridgehead atoms. The largest absolute Gasteiger partial charge is 0.478 e. The van der Waals surface area contributed by atoms with Gasteiger partial charge < -0.3 is 9.99 Å². The molecule has 0 radical (unpaired) electrons. The first-order valence-electron chi connectivity index (χ1n) is 5.56. The number of benzene rings is 1. The summed E-state index contributed by atoms with van der Waals surface area (Å²) in [6.45, 7) is 7.46. The maximum Gasteiger partial charge on any atom is 0.336 e. The summed E-state index contributed by atoms with van der Waals surface area (Å²) in [7, 11) is 0. The second-order valence-electron chi connectivity index (χ2n) is 4.72. The van der Waals surface area contributed by atoms with Crippen LogP contribution in [0.3, 0.4) is 0 Å². The highest BCUT2D eigenvalue weighted by molar-refractivity contribution is 5.90. The van der Waals surface area contributed by atoms with E-state index < -0.39 is 11.6 Å². The molecular weight excluding hydrogens is 220 g/mol. The summed E-state index contributed by atoms with van der Waals surface area (Å²) in [5.74, 6) is -0.495. The van der Waals surface area contributed by atoms with Gasteiger partial charge in [-0.15, -0.1) is 0 Å². The van der Waals surface area contributed by atoms with Gasteiger partial charge in [-0.25, -0.2) is 4.79 Å². The van der Waals surface area contributed by atoms with Gasteiger partial charge in [0.15, 0.2) is 5.75 Å². The predicted octanol–water partition coefficient (Wildman–Crippen LogP) is 3.06. The lowest BCUT2D eigenvalue weighted by atomic mass is 10.0. The fourth-order valence-corrected chi connectivity index (χ4v) is 1.38. The van der Waals surface area contributed by atoms with E-state index in [1.807, 2.05) is 27.7 Å². The molecule has 1 rings (SSSR count). The van der Waals surface area contributed by atoms with Gasteiger partial charge in [-0.1, -0.05) is 13.0 Å². The first-order valence-corrected chi connectivity index (χ1v) is 5.56. The van der Waals surface area contributed by atoms with Crippen molar-refractivity contribution in [2.75, 3.05) is 0 Å². The predicted molar refractivity (Wildman–Crippen MR) is 64.2 cm³/mol. The average molecular weight is 238 g/mol. The molecule has 0 unspecified atom stereocenters. The number of rotatable bonds is 4. The van der Waals surface area contributed by atoms with Gasteiger partial charge >= 0.3 is 5.97 Å². The number of hydrogen-bond acceptors (Lipinski definition) is 3. The van der Waals surface area contributed by atoms with Gasteiger partial charge in [0, 0.05) is 5.56 Å². The van der Waals surface area contributed by atoms with E-state index in [1.165, 1.54) is 0 Å². The number of carboxylic acids is 1. The summed E-state index contributed by atoms with van der Waals surface area (Å²) in [4.78, 5) is 21.5. The molecule has 0 amide bonds. The molecule has 0 heterocycles. The minimum atomic E-state index is -0.956. The van der Waals surface area contributed by atoms with Crippen LogP contribution < -0.4 is 4.89 Å². The monoisotopic (exact) mass is 238 g/mol. The fraction of sp³-hybridized carbons (Fsp3) is 0.462. The van der Waals surface area contributed by atoms with Crippen LogP contribution in [0.2, 0.25) is 0 Å². The Balaban J connectivity index is 2.99. The van der Waals surface area contributed by atoms with Gasteiger partial charge in [-0.05, 0) is 39.3 Å². The molecule has 0 aliphatic heterocycles. The van der Waals surface area contributed by atoms with Gasteiger partial charge in [0.25, 0.3) is 0 Å². The quantitative estimate of drug-likeness (QED) is 0.647. The molecule has 17 heavy (non-hydrogen) atoms. The van der Waals surface area contributed by atoms with Crippen LogP contribution in [0, 0.1) is 0 Å². The van der Waals surface area contributed by atoms with Crippen LogP contribution in [0.25, 0.3) is 0 Å². The van der Waals surface area contributed by atoms with Gasteiger partial charge in [-0.2, -0.15) is 4.89 Å². The van der Waals surface area contributed by atoms with E-state index in [4.69, 9.17) is 14.9 Å². The van der Waals surface area contributed by atoms with E-state index in [9.17, 15) is 4.79 Å². The summed E-state index contributed by atoms with van der Waals surface area (Å²) in [6, 6.07) is 4.91. The van der Waals surface area contributed by atoms with Crippen LogP contribution in [-0.2, 0) is 11.3 Å². The highest BCUT2D eigenvalue weighted by Crippen LogP contribution is 2.24. The van der Waals surface area contributed by atoms with Crippen LogP contribution in [-0.4, -0.2) is 16.7 Å². The van der Waals surface area contributed by atoms with Crippen molar-refractivity contribution in [2.45, 2.75) is 39.7 Å². The Labute approximate surface area is 101 Å². The Bertz CT molecular complexity index is 404. The zero-order valence-corrected chi connectivity index (χ0v) is 10.6. The molecule has 0 spiro atoms. The van der Waals surface area contributed by atoms with Crippen molar-refractivity contribution in [2.24, 2.45) is 0 Å². The van der Waals surface area contributed by atoms with Crippen molar-refractivity contribution < 1.29 is 19.7 Å². The molecular formula is C13H18O4.